The molecule has 0 amide bonds. The van der Waals surface area contributed by atoms with Crippen LogP contribution in [0.4, 0.5) is 11.5 Å². The van der Waals surface area contributed by atoms with Gasteiger partial charge < -0.3 is 15.8 Å². The molecule has 96 valence electrons. The maximum atomic E-state index is 11.3. The summed E-state index contributed by atoms with van der Waals surface area (Å²) in [6, 6.07) is 3.30. The van der Waals surface area contributed by atoms with Crippen molar-refractivity contribution >= 4 is 21.3 Å². The van der Waals surface area contributed by atoms with E-state index >= 15 is 0 Å². The molecular weight excluding hydrogens is 242 g/mol. The minimum absolute atomic E-state index is 0.0574. The second kappa shape index (κ2) is 5.72. The minimum Gasteiger partial charge on any atom is -0.481 e. The average molecular weight is 259 g/mol. The summed E-state index contributed by atoms with van der Waals surface area (Å²) in [7, 11) is -1.48. The fourth-order valence-corrected chi connectivity index (χ4v) is 1.88. The Balaban J connectivity index is 2.63. The van der Waals surface area contributed by atoms with Crippen LogP contribution >= 0.6 is 0 Å². The van der Waals surface area contributed by atoms with Crippen LogP contribution < -0.4 is 15.8 Å². The van der Waals surface area contributed by atoms with Crippen molar-refractivity contribution < 1.29 is 13.2 Å². The van der Waals surface area contributed by atoms with Crippen LogP contribution in [-0.2, 0) is 9.84 Å². The number of nitrogens with two attached hydrogens (primary N) is 1. The zero-order valence-corrected chi connectivity index (χ0v) is 10.8. The number of methoxy groups -OCH3 is 1. The summed E-state index contributed by atoms with van der Waals surface area (Å²) >= 11 is 0. The fourth-order valence-electron chi connectivity index (χ4n) is 1.18. The lowest BCUT2D eigenvalue weighted by Crippen LogP contribution is -2.18. The second-order valence-electron chi connectivity index (χ2n) is 3.45. The molecule has 3 N–H and O–H groups in total. The molecule has 0 fully saturated rings. The number of nitrogens with zero attached hydrogens (tertiary/aromatic N) is 1. The van der Waals surface area contributed by atoms with Crippen LogP contribution in [0.1, 0.15) is 6.92 Å². The summed E-state index contributed by atoms with van der Waals surface area (Å²) in [5.74, 6) is 1.06. The molecule has 0 unspecified atom stereocenters. The van der Waals surface area contributed by atoms with Crippen LogP contribution in [0.25, 0.3) is 0 Å². The summed E-state index contributed by atoms with van der Waals surface area (Å²) in [5, 5.41) is 2.88. The number of hydrogen-bond donors (Lipinski definition) is 2. The molecule has 1 aromatic rings. The molecule has 0 aliphatic rings. The van der Waals surface area contributed by atoms with Gasteiger partial charge in [0.05, 0.1) is 18.6 Å². The molecule has 0 atom stereocenters. The first-order chi connectivity index (χ1) is 7.98. The van der Waals surface area contributed by atoms with Gasteiger partial charge in [-0.2, -0.15) is 4.98 Å². The molecule has 0 radical (unpaired) electrons. The lowest BCUT2D eigenvalue weighted by molar-refractivity contribution is 0.398. The Morgan fingerprint density at radius 3 is 2.76 bits per heavy atom. The largest absolute Gasteiger partial charge is 0.481 e. The summed E-state index contributed by atoms with van der Waals surface area (Å²) in [6.45, 7) is 1.90. The van der Waals surface area contributed by atoms with Crippen molar-refractivity contribution in [2.45, 2.75) is 6.92 Å². The SMILES string of the molecule is CCS(=O)(=O)CCNc1nc(OC)ccc1N. The highest BCUT2D eigenvalue weighted by Gasteiger charge is 2.08. The van der Waals surface area contributed by atoms with Gasteiger partial charge in [0.1, 0.15) is 0 Å². The molecule has 0 aliphatic heterocycles. The zero-order chi connectivity index (χ0) is 12.9. The molecule has 6 nitrogen and oxygen atoms in total. The number of pyridine rings is 1. The molecule has 17 heavy (non-hydrogen) atoms. The number of aromatic nitrogens is 1. The molecule has 0 bridgehead atoms. The van der Waals surface area contributed by atoms with Gasteiger partial charge in [-0.1, -0.05) is 6.92 Å². The smallest absolute Gasteiger partial charge is 0.215 e. The molecule has 1 aromatic heterocycles. The fraction of sp³-hybridized carbons (Fsp3) is 0.500. The van der Waals surface area contributed by atoms with E-state index in [0.29, 0.717) is 17.4 Å². The van der Waals surface area contributed by atoms with Gasteiger partial charge in [0.15, 0.2) is 15.7 Å². The van der Waals surface area contributed by atoms with Crippen LogP contribution in [0.15, 0.2) is 12.1 Å². The Kier molecular flexibility index (Phi) is 4.56. The number of rotatable bonds is 6. The normalized spacial score (nSPS) is 11.2. The van der Waals surface area contributed by atoms with Gasteiger partial charge >= 0.3 is 0 Å². The van der Waals surface area contributed by atoms with Gasteiger partial charge in [-0.3, -0.25) is 0 Å². The van der Waals surface area contributed by atoms with Crippen molar-refractivity contribution in [2.24, 2.45) is 0 Å². The van der Waals surface area contributed by atoms with Crippen LogP contribution in [-0.4, -0.2) is 38.6 Å². The third-order valence-corrected chi connectivity index (χ3v) is 3.96. The number of hydrogen-bond acceptors (Lipinski definition) is 6. The molecule has 0 saturated carbocycles. The maximum absolute atomic E-state index is 11.3. The van der Waals surface area contributed by atoms with Gasteiger partial charge in [0.2, 0.25) is 5.88 Å². The molecule has 0 aromatic carbocycles. The lowest BCUT2D eigenvalue weighted by atomic mass is 10.4. The monoisotopic (exact) mass is 259 g/mol. The molecule has 0 saturated heterocycles. The Labute approximate surface area is 101 Å². The van der Waals surface area contributed by atoms with Crippen LogP contribution in [0, 0.1) is 0 Å². The number of anilines is 2. The van der Waals surface area contributed by atoms with Crippen molar-refractivity contribution in [3.05, 3.63) is 12.1 Å². The third-order valence-electron chi connectivity index (χ3n) is 2.26. The summed E-state index contributed by atoms with van der Waals surface area (Å²) in [4.78, 5) is 4.08. The van der Waals surface area contributed by atoms with Crippen molar-refractivity contribution in [3.8, 4) is 5.88 Å². The van der Waals surface area contributed by atoms with Crippen LogP contribution in [0.5, 0.6) is 5.88 Å². The maximum Gasteiger partial charge on any atom is 0.215 e. The molecule has 7 heteroatoms. The Morgan fingerprint density at radius 1 is 1.47 bits per heavy atom. The predicted octanol–water partition coefficient (Wildman–Crippen LogP) is 0.519. The first-order valence-corrected chi connectivity index (χ1v) is 7.05. The van der Waals surface area contributed by atoms with E-state index in [4.69, 9.17) is 10.5 Å². The van der Waals surface area contributed by atoms with E-state index in [1.165, 1.54) is 7.11 Å². The van der Waals surface area contributed by atoms with E-state index in [0.717, 1.165) is 0 Å². The molecule has 0 aliphatic carbocycles. The van der Waals surface area contributed by atoms with Crippen molar-refractivity contribution in [3.63, 3.8) is 0 Å². The summed E-state index contributed by atoms with van der Waals surface area (Å²) in [5.41, 5.74) is 6.15. The van der Waals surface area contributed by atoms with Crippen molar-refractivity contribution in [1.29, 1.82) is 0 Å². The Hall–Kier alpha value is -1.50. The third kappa shape index (κ3) is 4.10. The first-order valence-electron chi connectivity index (χ1n) is 5.23. The predicted molar refractivity (Wildman–Crippen MR) is 68.0 cm³/mol. The standard InChI is InChI=1S/C10H17N3O3S/c1-3-17(14,15)7-6-12-10-8(11)4-5-9(13-10)16-2/h4-5H,3,6-7,11H2,1-2H3,(H,12,13). The molecule has 1 heterocycles. The first kappa shape index (κ1) is 13.6. The van der Waals surface area contributed by atoms with Gasteiger partial charge in [0.25, 0.3) is 0 Å². The second-order valence-corrected chi connectivity index (χ2v) is 5.93. The highest BCUT2D eigenvalue weighted by Crippen LogP contribution is 2.19. The topological polar surface area (TPSA) is 94.3 Å². The van der Waals surface area contributed by atoms with Gasteiger partial charge in [-0.15, -0.1) is 0 Å². The van der Waals surface area contributed by atoms with Crippen LogP contribution in [0.3, 0.4) is 0 Å². The highest BCUT2D eigenvalue weighted by molar-refractivity contribution is 7.91. The zero-order valence-electron chi connectivity index (χ0n) is 9.93. The van der Waals surface area contributed by atoms with E-state index in [2.05, 4.69) is 10.3 Å². The Bertz CT molecular complexity index is 474. The Morgan fingerprint density at radius 2 is 2.18 bits per heavy atom. The average Bonchev–Trinajstić information content (AvgIpc) is 2.31. The van der Waals surface area contributed by atoms with Gasteiger partial charge in [0, 0.05) is 18.4 Å². The number of sulfone groups is 1. The number of ether oxygens (including phenoxy) is 1. The van der Waals surface area contributed by atoms with E-state index < -0.39 is 9.84 Å². The van der Waals surface area contributed by atoms with Crippen molar-refractivity contribution in [2.75, 3.05) is 36.2 Å². The number of nitrogen functional groups attached to an aromatic ring is 1. The summed E-state index contributed by atoms with van der Waals surface area (Å²) in [6.07, 6.45) is 0. The van der Waals surface area contributed by atoms with Gasteiger partial charge in [-0.05, 0) is 6.07 Å². The van der Waals surface area contributed by atoms with Gasteiger partial charge in [-0.25, -0.2) is 8.42 Å². The molecule has 0 spiro atoms. The van der Waals surface area contributed by atoms with E-state index in [1.807, 2.05) is 0 Å². The highest BCUT2D eigenvalue weighted by atomic mass is 32.2. The summed E-state index contributed by atoms with van der Waals surface area (Å²) < 4.78 is 27.5. The van der Waals surface area contributed by atoms with E-state index in [-0.39, 0.29) is 18.1 Å². The van der Waals surface area contributed by atoms with E-state index in [1.54, 1.807) is 19.1 Å². The minimum atomic E-state index is -2.98. The number of nitrogens with one attached hydrogen (secondary N) is 1. The van der Waals surface area contributed by atoms with E-state index in [9.17, 15) is 8.42 Å². The van der Waals surface area contributed by atoms with Crippen molar-refractivity contribution in [1.82, 2.24) is 4.98 Å². The lowest BCUT2D eigenvalue weighted by Gasteiger charge is -2.09. The quantitative estimate of drug-likeness (QED) is 0.773. The van der Waals surface area contributed by atoms with Crippen LogP contribution in [0.2, 0.25) is 0 Å². The molecular formula is C10H17N3O3S. The molecule has 1 rings (SSSR count).